The fourth-order valence-corrected chi connectivity index (χ4v) is 4.60. The molecule has 0 aliphatic heterocycles. The summed E-state index contributed by atoms with van der Waals surface area (Å²) in [5.41, 5.74) is 5.43. The molecule has 0 saturated heterocycles. The summed E-state index contributed by atoms with van der Waals surface area (Å²) < 4.78 is 0. The number of likely N-dealkylation sites (N-methyl/N-ethyl adjacent to an activating group) is 1. The van der Waals surface area contributed by atoms with Crippen molar-refractivity contribution in [1.82, 2.24) is 14.9 Å². The van der Waals surface area contributed by atoms with E-state index in [1.165, 1.54) is 5.56 Å². The fourth-order valence-electron chi connectivity index (χ4n) is 4.60. The van der Waals surface area contributed by atoms with E-state index in [1.54, 1.807) is 11.8 Å². The summed E-state index contributed by atoms with van der Waals surface area (Å²) in [6.07, 6.45) is 0.900. The van der Waals surface area contributed by atoms with Gasteiger partial charge in [-0.15, -0.1) is 0 Å². The monoisotopic (exact) mass is 467 g/mol. The minimum Gasteiger partial charge on any atom is -0.356 e. The van der Waals surface area contributed by atoms with Gasteiger partial charge in [-0.05, 0) is 72.9 Å². The van der Waals surface area contributed by atoms with Gasteiger partial charge in [0.2, 0.25) is 5.95 Å². The molecule has 2 aromatic rings. The highest BCUT2D eigenvalue weighted by molar-refractivity contribution is 6.44. The van der Waals surface area contributed by atoms with Crippen LogP contribution >= 0.6 is 0 Å². The van der Waals surface area contributed by atoms with Crippen LogP contribution in [0.4, 0.5) is 17.5 Å². The molecule has 1 amide bonds. The number of aryl methyl sites for hydroxylation is 4. The third-order valence-corrected chi connectivity index (χ3v) is 6.17. The average Bonchev–Trinajstić information content (AvgIpc) is 2.79. The van der Waals surface area contributed by atoms with Crippen LogP contribution in [0, 0.1) is 27.7 Å². The molecule has 0 bridgehead atoms. The Morgan fingerprint density at radius 2 is 1.41 bits per heavy atom. The third kappa shape index (κ3) is 5.57. The maximum absolute atomic E-state index is 13.4. The number of carbonyl (C=O) groups excluding carboxylic acids is 2. The summed E-state index contributed by atoms with van der Waals surface area (Å²) in [5, 5.41) is 0. The highest BCUT2D eigenvalue weighted by Crippen LogP contribution is 2.33. The second kappa shape index (κ2) is 12.0. The van der Waals surface area contributed by atoms with Crippen LogP contribution in [0.3, 0.4) is 0 Å². The highest BCUT2D eigenvalue weighted by Gasteiger charge is 2.30. The molecular formula is C27H41N5O2. The first-order valence-electron chi connectivity index (χ1n) is 12.5. The van der Waals surface area contributed by atoms with Gasteiger partial charge in [-0.25, -0.2) is 4.98 Å². The van der Waals surface area contributed by atoms with Gasteiger partial charge in [0.05, 0.1) is 11.3 Å². The molecular weight excluding hydrogens is 426 g/mol. The average molecular weight is 468 g/mol. The van der Waals surface area contributed by atoms with Crippen molar-refractivity contribution in [3.8, 4) is 0 Å². The number of hydrogen-bond donors (Lipinski definition) is 0. The van der Waals surface area contributed by atoms with E-state index >= 15 is 0 Å². The van der Waals surface area contributed by atoms with Gasteiger partial charge in [0, 0.05) is 38.4 Å². The minimum absolute atomic E-state index is 0.310. The van der Waals surface area contributed by atoms with Crippen LogP contribution in [0.1, 0.15) is 73.8 Å². The van der Waals surface area contributed by atoms with Crippen LogP contribution in [0.15, 0.2) is 12.1 Å². The van der Waals surface area contributed by atoms with E-state index in [0.29, 0.717) is 49.2 Å². The number of Topliss-reactive ketones (excluding diaryl/α,β-unsaturated/α-hetero) is 1. The zero-order valence-electron chi connectivity index (χ0n) is 22.4. The standard InChI is InChI=1S/C27H41N5O2/c1-10-15-31(13-4)25-22(24(33)26(34)30(11-2)12-3)21(9)28-27(29-25)32(14-5)23-19(7)16-18(6)17-20(23)8/h16-17H,10-15H2,1-9H3. The smallest absolute Gasteiger partial charge is 0.295 e. The minimum atomic E-state index is -0.539. The number of hydrogen-bond acceptors (Lipinski definition) is 6. The molecule has 1 aromatic heterocycles. The van der Waals surface area contributed by atoms with Gasteiger partial charge in [0.25, 0.3) is 11.7 Å². The summed E-state index contributed by atoms with van der Waals surface area (Å²) in [4.78, 5) is 41.8. The molecule has 2 rings (SSSR count). The molecule has 7 nitrogen and oxygen atoms in total. The molecule has 34 heavy (non-hydrogen) atoms. The SMILES string of the molecule is CCCN(CC)c1nc(N(CC)c2c(C)cc(C)cc2C)nc(C)c1C(=O)C(=O)N(CC)CC. The lowest BCUT2D eigenvalue weighted by Crippen LogP contribution is -2.38. The molecule has 0 N–H and O–H groups in total. The van der Waals surface area contributed by atoms with Crippen LogP contribution in [-0.4, -0.2) is 59.3 Å². The van der Waals surface area contributed by atoms with Crippen molar-refractivity contribution in [3.05, 3.63) is 40.1 Å². The van der Waals surface area contributed by atoms with Gasteiger partial charge in [-0.2, -0.15) is 4.98 Å². The number of amides is 1. The molecule has 0 unspecified atom stereocenters. The molecule has 0 fully saturated rings. The Hall–Kier alpha value is -2.96. The number of anilines is 3. The Balaban J connectivity index is 2.75. The first-order chi connectivity index (χ1) is 16.1. The summed E-state index contributed by atoms with van der Waals surface area (Å²) in [7, 11) is 0. The van der Waals surface area contributed by atoms with E-state index in [4.69, 9.17) is 9.97 Å². The van der Waals surface area contributed by atoms with Gasteiger partial charge in [0.15, 0.2) is 0 Å². The third-order valence-electron chi connectivity index (χ3n) is 6.17. The van der Waals surface area contributed by atoms with E-state index in [9.17, 15) is 9.59 Å². The Morgan fingerprint density at radius 1 is 0.824 bits per heavy atom. The lowest BCUT2D eigenvalue weighted by Gasteiger charge is -2.29. The number of aromatic nitrogens is 2. The van der Waals surface area contributed by atoms with Crippen LogP contribution < -0.4 is 9.80 Å². The van der Waals surface area contributed by atoms with Crippen LogP contribution in [-0.2, 0) is 4.79 Å². The Kier molecular flexibility index (Phi) is 9.59. The van der Waals surface area contributed by atoms with E-state index in [1.807, 2.05) is 20.8 Å². The van der Waals surface area contributed by atoms with Gasteiger partial charge < -0.3 is 14.7 Å². The number of rotatable bonds is 11. The molecule has 0 aliphatic rings. The van der Waals surface area contributed by atoms with E-state index in [-0.39, 0.29) is 0 Å². The van der Waals surface area contributed by atoms with Crippen LogP contribution in [0.5, 0.6) is 0 Å². The number of benzene rings is 1. The van der Waals surface area contributed by atoms with E-state index in [2.05, 4.69) is 56.6 Å². The largest absolute Gasteiger partial charge is 0.356 e. The lowest BCUT2D eigenvalue weighted by molar-refractivity contribution is -0.126. The molecule has 0 spiro atoms. The molecule has 0 aliphatic carbocycles. The summed E-state index contributed by atoms with van der Waals surface area (Å²) >= 11 is 0. The predicted octanol–water partition coefficient (Wildman–Crippen LogP) is 5.16. The molecule has 1 heterocycles. The van der Waals surface area contributed by atoms with E-state index in [0.717, 1.165) is 29.8 Å². The number of nitrogens with zero attached hydrogens (tertiary/aromatic N) is 5. The lowest BCUT2D eigenvalue weighted by atomic mass is 10.0. The van der Waals surface area contributed by atoms with Crippen molar-refractivity contribution in [1.29, 1.82) is 0 Å². The number of ketones is 1. The highest BCUT2D eigenvalue weighted by atomic mass is 16.2. The first kappa shape index (κ1) is 27.3. The molecule has 1 aromatic carbocycles. The van der Waals surface area contributed by atoms with Crippen molar-refractivity contribution in [2.24, 2.45) is 0 Å². The van der Waals surface area contributed by atoms with Crippen molar-refractivity contribution >= 4 is 29.1 Å². The van der Waals surface area contributed by atoms with Gasteiger partial charge in [-0.1, -0.05) is 24.6 Å². The summed E-state index contributed by atoms with van der Waals surface area (Å²) in [6.45, 7) is 21.1. The van der Waals surface area contributed by atoms with Gasteiger partial charge in [-0.3, -0.25) is 9.59 Å². The second-order valence-corrected chi connectivity index (χ2v) is 8.69. The molecule has 186 valence electrons. The fraction of sp³-hybridized carbons (Fsp3) is 0.556. The topological polar surface area (TPSA) is 69.6 Å². The zero-order valence-corrected chi connectivity index (χ0v) is 22.4. The molecule has 0 radical (unpaired) electrons. The Morgan fingerprint density at radius 3 is 1.88 bits per heavy atom. The van der Waals surface area contributed by atoms with Crippen LogP contribution in [0.2, 0.25) is 0 Å². The first-order valence-corrected chi connectivity index (χ1v) is 12.5. The predicted molar refractivity (Wildman–Crippen MR) is 141 cm³/mol. The quantitative estimate of drug-likeness (QED) is 0.336. The second-order valence-electron chi connectivity index (χ2n) is 8.69. The Labute approximate surface area is 205 Å². The maximum atomic E-state index is 13.4. The van der Waals surface area contributed by atoms with Gasteiger partial charge in [0.1, 0.15) is 5.82 Å². The van der Waals surface area contributed by atoms with Gasteiger partial charge >= 0.3 is 0 Å². The van der Waals surface area contributed by atoms with Crippen molar-refractivity contribution in [3.63, 3.8) is 0 Å². The summed E-state index contributed by atoms with van der Waals surface area (Å²) in [6, 6.07) is 4.32. The molecule has 7 heteroatoms. The van der Waals surface area contributed by atoms with Crippen molar-refractivity contribution in [2.45, 2.75) is 68.7 Å². The zero-order chi connectivity index (χ0) is 25.6. The van der Waals surface area contributed by atoms with Crippen molar-refractivity contribution in [2.75, 3.05) is 42.5 Å². The number of carbonyl (C=O) groups is 2. The van der Waals surface area contributed by atoms with Crippen molar-refractivity contribution < 1.29 is 9.59 Å². The van der Waals surface area contributed by atoms with Crippen LogP contribution in [0.25, 0.3) is 0 Å². The Bertz CT molecular complexity index is 1010. The normalized spacial score (nSPS) is 10.9. The maximum Gasteiger partial charge on any atom is 0.295 e. The van der Waals surface area contributed by atoms with E-state index < -0.39 is 11.7 Å². The molecule has 0 saturated carbocycles. The summed E-state index contributed by atoms with van der Waals surface area (Å²) in [5.74, 6) is 0.0449. The molecule has 0 atom stereocenters.